The van der Waals surface area contributed by atoms with E-state index in [1.54, 1.807) is 11.1 Å². The van der Waals surface area contributed by atoms with Crippen LogP contribution in [0.15, 0.2) is 18.3 Å². The van der Waals surface area contributed by atoms with Gasteiger partial charge in [-0.25, -0.2) is 0 Å². The fourth-order valence-corrected chi connectivity index (χ4v) is 2.52. The van der Waals surface area contributed by atoms with Gasteiger partial charge >= 0.3 is 5.97 Å². The minimum absolute atomic E-state index is 0.0282. The second-order valence-electron chi connectivity index (χ2n) is 5.15. The molecule has 1 fully saturated rings. The number of hydrogen-bond acceptors (Lipinski definition) is 4. The van der Waals surface area contributed by atoms with Gasteiger partial charge < -0.3 is 9.64 Å². The Morgan fingerprint density at radius 2 is 2.30 bits per heavy atom. The molecule has 0 aliphatic carbocycles. The fraction of sp³-hybridized carbons (Fsp3) is 0.533. The normalized spacial score (nSPS) is 18.7. The molecule has 20 heavy (non-hydrogen) atoms. The van der Waals surface area contributed by atoms with Crippen molar-refractivity contribution in [2.24, 2.45) is 5.92 Å². The molecule has 0 aromatic carbocycles. The number of aryl methyl sites for hydroxylation is 1. The van der Waals surface area contributed by atoms with Gasteiger partial charge in [-0.2, -0.15) is 0 Å². The first-order chi connectivity index (χ1) is 9.61. The summed E-state index contributed by atoms with van der Waals surface area (Å²) in [6.07, 6.45) is 3.62. The zero-order valence-corrected chi connectivity index (χ0v) is 12.0. The number of rotatable bonds is 3. The lowest BCUT2D eigenvalue weighted by Gasteiger charge is -2.31. The van der Waals surface area contributed by atoms with E-state index in [2.05, 4.69) is 4.98 Å². The van der Waals surface area contributed by atoms with Crippen molar-refractivity contribution in [3.05, 3.63) is 29.6 Å². The molecule has 1 aromatic heterocycles. The summed E-state index contributed by atoms with van der Waals surface area (Å²) >= 11 is 0. The van der Waals surface area contributed by atoms with Gasteiger partial charge in [0, 0.05) is 19.3 Å². The van der Waals surface area contributed by atoms with E-state index in [9.17, 15) is 9.59 Å². The molecule has 1 saturated heterocycles. The second kappa shape index (κ2) is 6.50. The number of carbonyl (C=O) groups is 2. The first-order valence-corrected chi connectivity index (χ1v) is 6.88. The Kier molecular flexibility index (Phi) is 4.71. The van der Waals surface area contributed by atoms with Crippen LogP contribution in [-0.4, -0.2) is 42.0 Å². The molecular weight excluding hydrogens is 256 g/mol. The van der Waals surface area contributed by atoms with Crippen LogP contribution in [0.2, 0.25) is 0 Å². The van der Waals surface area contributed by atoms with E-state index < -0.39 is 0 Å². The number of piperidine rings is 1. The average molecular weight is 276 g/mol. The monoisotopic (exact) mass is 276 g/mol. The maximum atomic E-state index is 12.3. The SMILES string of the molecule is COC(=O)[C@H]1CCCN(C(=O)Cc2ncccc2C)C1. The van der Waals surface area contributed by atoms with E-state index in [1.165, 1.54) is 7.11 Å². The highest BCUT2D eigenvalue weighted by atomic mass is 16.5. The van der Waals surface area contributed by atoms with Crippen molar-refractivity contribution in [1.82, 2.24) is 9.88 Å². The van der Waals surface area contributed by atoms with Crippen molar-refractivity contribution >= 4 is 11.9 Å². The van der Waals surface area contributed by atoms with Crippen molar-refractivity contribution in [2.75, 3.05) is 20.2 Å². The summed E-state index contributed by atoms with van der Waals surface area (Å²) in [4.78, 5) is 29.9. The van der Waals surface area contributed by atoms with Crippen LogP contribution in [0.3, 0.4) is 0 Å². The van der Waals surface area contributed by atoms with E-state index in [0.717, 1.165) is 24.1 Å². The second-order valence-corrected chi connectivity index (χ2v) is 5.15. The zero-order valence-electron chi connectivity index (χ0n) is 12.0. The molecule has 5 nitrogen and oxygen atoms in total. The average Bonchev–Trinajstić information content (AvgIpc) is 2.49. The van der Waals surface area contributed by atoms with Crippen molar-refractivity contribution in [3.8, 4) is 0 Å². The molecular formula is C15H20N2O3. The Hall–Kier alpha value is -1.91. The van der Waals surface area contributed by atoms with Gasteiger partial charge in [0.1, 0.15) is 0 Å². The zero-order chi connectivity index (χ0) is 14.5. The molecule has 2 heterocycles. The topological polar surface area (TPSA) is 59.5 Å². The highest BCUT2D eigenvalue weighted by Gasteiger charge is 2.29. The molecule has 1 amide bonds. The number of hydrogen-bond donors (Lipinski definition) is 0. The third-order valence-corrected chi connectivity index (χ3v) is 3.75. The Labute approximate surface area is 118 Å². The minimum atomic E-state index is -0.225. The summed E-state index contributed by atoms with van der Waals surface area (Å²) in [6, 6.07) is 3.81. The maximum Gasteiger partial charge on any atom is 0.310 e. The first kappa shape index (κ1) is 14.5. The van der Waals surface area contributed by atoms with Crippen molar-refractivity contribution in [1.29, 1.82) is 0 Å². The predicted octanol–water partition coefficient (Wildman–Crippen LogP) is 1.34. The number of ether oxygens (including phenoxy) is 1. The molecule has 1 aliphatic heterocycles. The lowest BCUT2D eigenvalue weighted by Crippen LogP contribution is -2.43. The summed E-state index contributed by atoms with van der Waals surface area (Å²) in [7, 11) is 1.39. The van der Waals surface area contributed by atoms with Gasteiger partial charge in [0.15, 0.2) is 0 Å². The van der Waals surface area contributed by atoms with E-state index in [-0.39, 0.29) is 17.8 Å². The van der Waals surface area contributed by atoms with Crippen LogP contribution >= 0.6 is 0 Å². The van der Waals surface area contributed by atoms with Gasteiger partial charge in [0.25, 0.3) is 0 Å². The number of esters is 1. The minimum Gasteiger partial charge on any atom is -0.469 e. The number of methoxy groups -OCH3 is 1. The molecule has 108 valence electrons. The van der Waals surface area contributed by atoms with Gasteiger partial charge in [-0.05, 0) is 31.4 Å². The smallest absolute Gasteiger partial charge is 0.310 e. The van der Waals surface area contributed by atoms with Crippen LogP contribution in [-0.2, 0) is 20.7 Å². The lowest BCUT2D eigenvalue weighted by molar-refractivity contribution is -0.148. The Morgan fingerprint density at radius 1 is 1.50 bits per heavy atom. The van der Waals surface area contributed by atoms with Crippen LogP contribution in [0.25, 0.3) is 0 Å². The van der Waals surface area contributed by atoms with E-state index in [1.807, 2.05) is 19.1 Å². The summed E-state index contributed by atoms with van der Waals surface area (Å²) in [5, 5.41) is 0. The largest absolute Gasteiger partial charge is 0.469 e. The van der Waals surface area contributed by atoms with E-state index in [0.29, 0.717) is 19.5 Å². The number of nitrogens with zero attached hydrogens (tertiary/aromatic N) is 2. The molecule has 5 heteroatoms. The highest BCUT2D eigenvalue weighted by Crippen LogP contribution is 2.18. The van der Waals surface area contributed by atoms with Crippen LogP contribution in [0.1, 0.15) is 24.1 Å². The standard InChI is InChI=1S/C15H20N2O3/c1-11-5-3-7-16-13(11)9-14(18)17-8-4-6-12(10-17)15(19)20-2/h3,5,7,12H,4,6,8-10H2,1-2H3/t12-/m0/s1. The van der Waals surface area contributed by atoms with Gasteiger partial charge in [0.2, 0.25) is 5.91 Å². The number of amides is 1. The van der Waals surface area contributed by atoms with E-state index >= 15 is 0 Å². The molecule has 0 bridgehead atoms. The Bertz CT molecular complexity index is 502. The molecule has 0 unspecified atom stereocenters. The predicted molar refractivity (Wildman–Crippen MR) is 74.0 cm³/mol. The first-order valence-electron chi connectivity index (χ1n) is 6.88. The highest BCUT2D eigenvalue weighted by molar-refractivity contribution is 5.80. The van der Waals surface area contributed by atoms with Crippen molar-refractivity contribution in [2.45, 2.75) is 26.2 Å². The number of aromatic nitrogens is 1. The van der Waals surface area contributed by atoms with Crippen LogP contribution in [0.4, 0.5) is 0 Å². The Morgan fingerprint density at radius 3 is 3.00 bits per heavy atom. The molecule has 1 aliphatic rings. The molecule has 0 N–H and O–H groups in total. The fourth-order valence-electron chi connectivity index (χ4n) is 2.52. The number of carbonyl (C=O) groups excluding carboxylic acids is 2. The van der Waals surface area contributed by atoms with Gasteiger partial charge in [-0.15, -0.1) is 0 Å². The summed E-state index contributed by atoms with van der Waals surface area (Å²) in [5.74, 6) is -0.389. The molecule has 0 saturated carbocycles. The summed E-state index contributed by atoms with van der Waals surface area (Å²) < 4.78 is 4.77. The molecule has 1 atom stereocenters. The van der Waals surface area contributed by atoms with Gasteiger partial charge in [0.05, 0.1) is 25.1 Å². The van der Waals surface area contributed by atoms with Crippen LogP contribution in [0.5, 0.6) is 0 Å². The molecule has 0 spiro atoms. The van der Waals surface area contributed by atoms with Crippen LogP contribution < -0.4 is 0 Å². The van der Waals surface area contributed by atoms with Crippen molar-refractivity contribution in [3.63, 3.8) is 0 Å². The third kappa shape index (κ3) is 3.35. The third-order valence-electron chi connectivity index (χ3n) is 3.75. The Balaban J connectivity index is 1.99. The van der Waals surface area contributed by atoms with E-state index in [4.69, 9.17) is 4.74 Å². The molecule has 2 rings (SSSR count). The molecule has 0 radical (unpaired) electrons. The number of likely N-dealkylation sites (tertiary alicyclic amines) is 1. The number of pyridine rings is 1. The lowest BCUT2D eigenvalue weighted by atomic mass is 9.97. The van der Waals surface area contributed by atoms with Crippen LogP contribution in [0, 0.1) is 12.8 Å². The quantitative estimate of drug-likeness (QED) is 0.782. The molecule has 1 aromatic rings. The summed E-state index contributed by atoms with van der Waals surface area (Å²) in [6.45, 7) is 3.11. The van der Waals surface area contributed by atoms with Gasteiger partial charge in [-0.3, -0.25) is 14.6 Å². The summed E-state index contributed by atoms with van der Waals surface area (Å²) in [5.41, 5.74) is 1.82. The van der Waals surface area contributed by atoms with Crippen molar-refractivity contribution < 1.29 is 14.3 Å². The maximum absolute atomic E-state index is 12.3. The van der Waals surface area contributed by atoms with Gasteiger partial charge in [-0.1, -0.05) is 6.07 Å².